The number of fused-ring (bicyclic) bond motifs is 1. The standard InChI is InChI=1S/C22H22N6O2S/c29-20(24-12-14-7-9-23-10-8-14)22-28-18-19(25-13-26-21(18)31-22)27-16-5-2-1-4-15(16)17-6-3-11-30-17/h1-6,11,13-14,23H,7-10,12H2,(H,24,29)(H,25,26,27). The average Bonchev–Trinajstić information content (AvgIpc) is 3.49. The van der Waals surface area contributed by atoms with Gasteiger partial charge in [-0.25, -0.2) is 15.0 Å². The number of furan rings is 1. The van der Waals surface area contributed by atoms with Gasteiger partial charge < -0.3 is 20.4 Å². The van der Waals surface area contributed by atoms with Crippen molar-refractivity contribution in [3.63, 3.8) is 0 Å². The lowest BCUT2D eigenvalue weighted by molar-refractivity contribution is 0.0944. The number of anilines is 2. The molecule has 31 heavy (non-hydrogen) atoms. The van der Waals surface area contributed by atoms with E-state index in [1.807, 2.05) is 36.4 Å². The Labute approximate surface area is 183 Å². The number of benzene rings is 1. The van der Waals surface area contributed by atoms with E-state index >= 15 is 0 Å². The highest BCUT2D eigenvalue weighted by Crippen LogP contribution is 2.32. The number of rotatable bonds is 6. The van der Waals surface area contributed by atoms with E-state index in [0.29, 0.717) is 33.6 Å². The van der Waals surface area contributed by atoms with Crippen LogP contribution in [-0.4, -0.2) is 40.5 Å². The highest BCUT2D eigenvalue weighted by Gasteiger charge is 2.19. The van der Waals surface area contributed by atoms with E-state index in [4.69, 9.17) is 4.42 Å². The molecule has 0 unspecified atom stereocenters. The Morgan fingerprint density at radius 3 is 2.87 bits per heavy atom. The molecule has 0 atom stereocenters. The van der Waals surface area contributed by atoms with Gasteiger partial charge in [-0.1, -0.05) is 23.5 Å². The number of aromatic nitrogens is 3. The van der Waals surface area contributed by atoms with Crippen molar-refractivity contribution in [2.75, 3.05) is 25.0 Å². The third-order valence-corrected chi connectivity index (χ3v) is 6.33. The molecule has 8 nitrogen and oxygen atoms in total. The third kappa shape index (κ3) is 4.28. The first kappa shape index (κ1) is 19.7. The molecule has 4 aromatic rings. The van der Waals surface area contributed by atoms with Crippen LogP contribution in [-0.2, 0) is 0 Å². The lowest BCUT2D eigenvalue weighted by Crippen LogP contribution is -2.35. The zero-order valence-corrected chi connectivity index (χ0v) is 17.6. The van der Waals surface area contributed by atoms with Crippen molar-refractivity contribution in [3.8, 4) is 11.3 Å². The summed E-state index contributed by atoms with van der Waals surface area (Å²) in [5, 5.41) is 10.1. The van der Waals surface area contributed by atoms with E-state index in [1.54, 1.807) is 6.26 Å². The molecule has 1 amide bonds. The lowest BCUT2D eigenvalue weighted by Gasteiger charge is -2.22. The zero-order valence-electron chi connectivity index (χ0n) is 16.8. The molecule has 3 N–H and O–H groups in total. The fourth-order valence-electron chi connectivity index (χ4n) is 3.71. The number of carbonyl (C=O) groups excluding carboxylic acids is 1. The molecule has 158 valence electrons. The second-order valence-electron chi connectivity index (χ2n) is 7.45. The first-order valence-corrected chi connectivity index (χ1v) is 11.1. The van der Waals surface area contributed by atoms with E-state index < -0.39 is 0 Å². The number of nitrogens with one attached hydrogen (secondary N) is 3. The second kappa shape index (κ2) is 8.83. The normalized spacial score (nSPS) is 14.6. The van der Waals surface area contributed by atoms with Crippen LogP contribution in [0.5, 0.6) is 0 Å². The van der Waals surface area contributed by atoms with Gasteiger partial charge in [-0.15, -0.1) is 0 Å². The fraction of sp³-hybridized carbons (Fsp3) is 0.273. The molecule has 1 saturated heterocycles. The highest BCUT2D eigenvalue weighted by molar-refractivity contribution is 7.19. The number of para-hydroxylation sites is 1. The number of hydrogen-bond donors (Lipinski definition) is 3. The molecule has 3 aromatic heterocycles. The lowest BCUT2D eigenvalue weighted by atomic mass is 9.98. The number of thiazole rings is 1. The summed E-state index contributed by atoms with van der Waals surface area (Å²) in [5.74, 6) is 1.65. The number of hydrogen-bond acceptors (Lipinski definition) is 8. The summed E-state index contributed by atoms with van der Waals surface area (Å²) in [6, 6.07) is 11.6. The van der Waals surface area contributed by atoms with Gasteiger partial charge >= 0.3 is 0 Å². The summed E-state index contributed by atoms with van der Waals surface area (Å²) in [4.78, 5) is 26.6. The van der Waals surface area contributed by atoms with Crippen molar-refractivity contribution in [1.82, 2.24) is 25.6 Å². The van der Waals surface area contributed by atoms with Gasteiger partial charge in [-0.3, -0.25) is 4.79 Å². The molecule has 1 aliphatic rings. The molecule has 5 rings (SSSR count). The predicted molar refractivity (Wildman–Crippen MR) is 121 cm³/mol. The van der Waals surface area contributed by atoms with Crippen LogP contribution in [0.1, 0.15) is 22.6 Å². The van der Waals surface area contributed by atoms with Crippen molar-refractivity contribution in [1.29, 1.82) is 0 Å². The van der Waals surface area contributed by atoms with Gasteiger partial charge in [0.1, 0.15) is 22.4 Å². The fourth-order valence-corrected chi connectivity index (χ4v) is 4.53. The minimum Gasteiger partial charge on any atom is -0.464 e. The molecule has 0 bridgehead atoms. The summed E-state index contributed by atoms with van der Waals surface area (Å²) >= 11 is 1.27. The van der Waals surface area contributed by atoms with Gasteiger partial charge in [0.2, 0.25) is 0 Å². The molecule has 1 aliphatic heterocycles. The Balaban J connectivity index is 1.37. The first-order valence-electron chi connectivity index (χ1n) is 10.3. The summed E-state index contributed by atoms with van der Waals surface area (Å²) < 4.78 is 5.55. The summed E-state index contributed by atoms with van der Waals surface area (Å²) in [5.41, 5.74) is 2.32. The molecular formula is C22H22N6O2S. The summed E-state index contributed by atoms with van der Waals surface area (Å²) in [6.45, 7) is 2.68. The van der Waals surface area contributed by atoms with Gasteiger partial charge in [-0.2, -0.15) is 0 Å². The molecular weight excluding hydrogens is 412 g/mol. The zero-order chi connectivity index (χ0) is 21.0. The molecule has 1 fully saturated rings. The Hall–Kier alpha value is -3.30. The monoisotopic (exact) mass is 434 g/mol. The van der Waals surface area contributed by atoms with Crippen LogP contribution >= 0.6 is 11.3 Å². The van der Waals surface area contributed by atoms with Gasteiger partial charge in [-0.05, 0) is 56.1 Å². The number of piperidine rings is 1. The van der Waals surface area contributed by atoms with Crippen LogP contribution in [0, 0.1) is 5.92 Å². The largest absolute Gasteiger partial charge is 0.464 e. The second-order valence-corrected chi connectivity index (χ2v) is 8.42. The van der Waals surface area contributed by atoms with Crippen LogP contribution in [0.3, 0.4) is 0 Å². The topological polar surface area (TPSA) is 105 Å². The number of carbonyl (C=O) groups is 1. The SMILES string of the molecule is O=C(NCC1CCNCC1)c1nc2c(Nc3ccccc3-c3ccco3)ncnc2s1. The van der Waals surface area contributed by atoms with Crippen molar-refractivity contribution in [2.24, 2.45) is 5.92 Å². The van der Waals surface area contributed by atoms with Crippen molar-refractivity contribution < 1.29 is 9.21 Å². The number of nitrogens with zero attached hydrogens (tertiary/aromatic N) is 3. The average molecular weight is 435 g/mol. The van der Waals surface area contributed by atoms with Crippen LogP contribution in [0.15, 0.2) is 53.4 Å². The van der Waals surface area contributed by atoms with E-state index in [1.165, 1.54) is 17.7 Å². The maximum atomic E-state index is 12.7. The van der Waals surface area contributed by atoms with Crippen LogP contribution in [0.2, 0.25) is 0 Å². The van der Waals surface area contributed by atoms with Gasteiger partial charge in [0.15, 0.2) is 10.8 Å². The molecule has 9 heteroatoms. The highest BCUT2D eigenvalue weighted by atomic mass is 32.1. The quantitative estimate of drug-likeness (QED) is 0.424. The third-order valence-electron chi connectivity index (χ3n) is 5.37. The molecule has 0 radical (unpaired) electrons. The minimum atomic E-state index is -0.163. The van der Waals surface area contributed by atoms with Crippen molar-refractivity contribution >= 4 is 39.1 Å². The molecule has 1 aromatic carbocycles. The maximum absolute atomic E-state index is 12.7. The minimum absolute atomic E-state index is 0.163. The Morgan fingerprint density at radius 1 is 1.16 bits per heavy atom. The Kier molecular flexibility index (Phi) is 5.59. The van der Waals surface area contributed by atoms with Crippen LogP contribution in [0.4, 0.5) is 11.5 Å². The predicted octanol–water partition coefficient (Wildman–Crippen LogP) is 3.82. The van der Waals surface area contributed by atoms with E-state index in [-0.39, 0.29) is 5.91 Å². The van der Waals surface area contributed by atoms with Gasteiger partial charge in [0.05, 0.1) is 12.0 Å². The van der Waals surface area contributed by atoms with E-state index in [0.717, 1.165) is 42.9 Å². The molecule has 0 aliphatic carbocycles. The first-order chi connectivity index (χ1) is 15.3. The number of amides is 1. The molecule has 4 heterocycles. The van der Waals surface area contributed by atoms with E-state index in [2.05, 4.69) is 30.9 Å². The van der Waals surface area contributed by atoms with E-state index in [9.17, 15) is 4.79 Å². The Morgan fingerprint density at radius 2 is 2.03 bits per heavy atom. The summed E-state index contributed by atoms with van der Waals surface area (Å²) in [6.07, 6.45) is 5.28. The molecule has 0 spiro atoms. The van der Waals surface area contributed by atoms with Crippen molar-refractivity contribution in [3.05, 3.63) is 54.0 Å². The van der Waals surface area contributed by atoms with Crippen molar-refractivity contribution in [2.45, 2.75) is 12.8 Å². The van der Waals surface area contributed by atoms with Crippen LogP contribution < -0.4 is 16.0 Å². The Bertz CT molecular complexity index is 1180. The van der Waals surface area contributed by atoms with Gasteiger partial charge in [0.25, 0.3) is 5.91 Å². The van der Waals surface area contributed by atoms with Gasteiger partial charge in [0, 0.05) is 12.1 Å². The summed E-state index contributed by atoms with van der Waals surface area (Å²) in [7, 11) is 0. The molecule has 0 saturated carbocycles. The smallest absolute Gasteiger partial charge is 0.280 e. The maximum Gasteiger partial charge on any atom is 0.280 e. The van der Waals surface area contributed by atoms with Crippen LogP contribution in [0.25, 0.3) is 21.7 Å².